The van der Waals surface area contributed by atoms with Crippen LogP contribution in [0.15, 0.2) is 34.5 Å². The van der Waals surface area contributed by atoms with E-state index in [1.807, 2.05) is 41.4 Å². The minimum atomic E-state index is -0.0695. The van der Waals surface area contributed by atoms with Gasteiger partial charge in [0.05, 0.1) is 4.21 Å². The molecule has 0 radical (unpaired) electrons. The van der Waals surface area contributed by atoms with Crippen LogP contribution in [0.2, 0.25) is 0 Å². The molecule has 0 saturated heterocycles. The number of halogens is 1. The summed E-state index contributed by atoms with van der Waals surface area (Å²) in [5.41, 5.74) is 0.733. The van der Waals surface area contributed by atoms with E-state index in [1.54, 1.807) is 17.4 Å². The molecule has 0 aromatic carbocycles. The molecule has 3 rings (SSSR count). The van der Waals surface area contributed by atoms with Gasteiger partial charge in [-0.15, -0.1) is 45.8 Å². The molecule has 0 N–H and O–H groups in total. The predicted molar refractivity (Wildman–Crippen MR) is 150 cm³/mol. The Morgan fingerprint density at radius 3 is 1.34 bits per heavy atom. The van der Waals surface area contributed by atoms with Gasteiger partial charge in [0, 0.05) is 24.4 Å². The van der Waals surface area contributed by atoms with Crippen LogP contribution in [0.25, 0.3) is 0 Å². The molecule has 3 aromatic rings. The lowest BCUT2D eigenvalue weighted by Gasteiger charge is -2.15. The Morgan fingerprint density at radius 1 is 0.656 bits per heavy atom. The van der Waals surface area contributed by atoms with Crippen molar-refractivity contribution in [1.82, 2.24) is 0 Å². The van der Waals surface area contributed by atoms with Gasteiger partial charge in [-0.05, 0) is 66.7 Å². The molecule has 0 fully saturated rings. The average molecular weight is 513 g/mol. The van der Waals surface area contributed by atoms with Crippen molar-refractivity contribution < 1.29 is 4.39 Å². The van der Waals surface area contributed by atoms with Crippen molar-refractivity contribution in [1.29, 1.82) is 0 Å². The molecule has 180 valence electrons. The lowest BCUT2D eigenvalue weighted by Crippen LogP contribution is -2.07. The predicted octanol–water partition coefficient (Wildman–Crippen LogP) is 10.6. The average Bonchev–Trinajstić information content (AvgIpc) is 3.35. The molecule has 0 aliphatic rings. The van der Waals surface area contributed by atoms with E-state index in [0.717, 1.165) is 9.75 Å². The molecule has 0 atom stereocenters. The molecule has 5 heteroatoms. The lowest BCUT2D eigenvalue weighted by molar-refractivity contribution is 0.589. The van der Waals surface area contributed by atoms with Gasteiger partial charge in [-0.3, -0.25) is 0 Å². The monoisotopic (exact) mass is 512 g/mol. The highest BCUT2D eigenvalue weighted by Gasteiger charge is 2.18. The molecule has 0 spiro atoms. The molecule has 0 saturated carbocycles. The van der Waals surface area contributed by atoms with Crippen LogP contribution in [-0.4, -0.2) is 6.26 Å². The molecule has 3 heterocycles. The minimum absolute atomic E-state index is 0.0695. The molecule has 3 aromatic heterocycles. The molecule has 0 aliphatic heterocycles. The second-order valence-electron chi connectivity index (χ2n) is 11.0. The summed E-state index contributed by atoms with van der Waals surface area (Å²) in [7, 11) is 0. The first-order valence-corrected chi connectivity index (χ1v) is 14.6. The summed E-state index contributed by atoms with van der Waals surface area (Å²) in [4.78, 5) is 6.26. The second-order valence-corrected chi connectivity index (χ2v) is 15.7. The van der Waals surface area contributed by atoms with Crippen molar-refractivity contribution in [2.45, 2.75) is 96.6 Å². The van der Waals surface area contributed by atoms with Crippen LogP contribution >= 0.6 is 45.8 Å². The number of aryl methyl sites for hydroxylation is 2. The van der Waals surface area contributed by atoms with Gasteiger partial charge in [-0.2, -0.15) is 0 Å². The highest BCUT2D eigenvalue weighted by Crippen LogP contribution is 2.33. The van der Waals surface area contributed by atoms with E-state index in [0.29, 0.717) is 10.8 Å². The Kier molecular flexibility index (Phi) is 10.7. The molecule has 32 heavy (non-hydrogen) atoms. The molecule has 0 nitrogen and oxygen atoms in total. The Balaban J connectivity index is 0.000000240. The zero-order valence-corrected chi connectivity index (χ0v) is 25.2. The molecule has 0 aliphatic carbocycles. The minimum Gasteiger partial charge on any atom is -0.206 e. The van der Waals surface area contributed by atoms with E-state index in [1.165, 1.54) is 18.8 Å². The van der Waals surface area contributed by atoms with Crippen LogP contribution in [0, 0.1) is 19.7 Å². The number of thiophene rings is 3. The Labute approximate surface area is 212 Å². The van der Waals surface area contributed by atoms with E-state index in [2.05, 4.69) is 99.8 Å². The topological polar surface area (TPSA) is 0 Å². The fourth-order valence-corrected chi connectivity index (χ4v) is 5.98. The van der Waals surface area contributed by atoms with Gasteiger partial charge in [-0.25, -0.2) is 4.39 Å². The van der Waals surface area contributed by atoms with Crippen LogP contribution in [0.1, 0.15) is 86.7 Å². The maximum Gasteiger partial charge on any atom is 0.137 e. The van der Waals surface area contributed by atoms with Gasteiger partial charge < -0.3 is 0 Å². The molecular weight excluding hydrogens is 472 g/mol. The quantitative estimate of drug-likeness (QED) is 0.292. The summed E-state index contributed by atoms with van der Waals surface area (Å²) in [5, 5.41) is 0. The Bertz CT molecular complexity index is 934. The lowest BCUT2D eigenvalue weighted by atomic mass is 9.95. The van der Waals surface area contributed by atoms with Crippen molar-refractivity contribution in [3.63, 3.8) is 0 Å². The number of thioether (sulfide) groups is 1. The number of hydrogen-bond donors (Lipinski definition) is 0. The number of hydrogen-bond acceptors (Lipinski definition) is 4. The van der Waals surface area contributed by atoms with Crippen molar-refractivity contribution in [2.75, 3.05) is 6.26 Å². The van der Waals surface area contributed by atoms with Crippen LogP contribution < -0.4 is 0 Å². The Morgan fingerprint density at radius 2 is 1.12 bits per heavy atom. The van der Waals surface area contributed by atoms with Crippen LogP contribution in [0.5, 0.6) is 0 Å². The van der Waals surface area contributed by atoms with Gasteiger partial charge in [-0.1, -0.05) is 62.3 Å². The largest absolute Gasteiger partial charge is 0.206 e. The standard InChI is InChI=1S/C9H13FS.C9H14S2.C9H14S/c1-6-7(10)5-8(11-6)9(2,3)4;1-9(2,3)7-5-6-8(10-4)11-7;1-7-5-6-8(10-7)9(2,3)4/h5H,1-4H3;5-6H,1-4H3;5-6H,1-4H3. The van der Waals surface area contributed by atoms with Crippen molar-refractivity contribution in [2.24, 2.45) is 0 Å². The first kappa shape index (κ1) is 29.4. The summed E-state index contributed by atoms with van der Waals surface area (Å²) < 4.78 is 14.3. The summed E-state index contributed by atoms with van der Waals surface area (Å²) in [6.45, 7) is 23.8. The van der Waals surface area contributed by atoms with E-state index in [-0.39, 0.29) is 11.2 Å². The van der Waals surface area contributed by atoms with Crippen molar-refractivity contribution in [3.05, 3.63) is 60.5 Å². The van der Waals surface area contributed by atoms with Gasteiger partial charge in [0.1, 0.15) is 5.82 Å². The second kappa shape index (κ2) is 11.7. The number of rotatable bonds is 1. The van der Waals surface area contributed by atoms with E-state index >= 15 is 0 Å². The molecule has 0 unspecified atom stereocenters. The van der Waals surface area contributed by atoms with E-state index in [4.69, 9.17) is 0 Å². The summed E-state index contributed by atoms with van der Waals surface area (Å²) in [6.07, 6.45) is 2.12. The summed E-state index contributed by atoms with van der Waals surface area (Å²) >= 11 is 7.17. The zero-order chi connectivity index (χ0) is 24.9. The fourth-order valence-electron chi connectivity index (χ4n) is 2.50. The first-order valence-electron chi connectivity index (χ1n) is 10.9. The van der Waals surface area contributed by atoms with Crippen LogP contribution in [0.3, 0.4) is 0 Å². The van der Waals surface area contributed by atoms with Gasteiger partial charge in [0.2, 0.25) is 0 Å². The van der Waals surface area contributed by atoms with Gasteiger partial charge in [0.25, 0.3) is 0 Å². The SMILES string of the molecule is CSc1ccc(C(C)(C)C)s1.Cc1ccc(C(C)(C)C)s1.Cc1sc(C(C)(C)C)cc1F. The third kappa shape index (κ3) is 9.70. The third-order valence-corrected chi connectivity index (χ3v) is 10.1. The smallest absolute Gasteiger partial charge is 0.137 e. The molecule has 0 bridgehead atoms. The molecule has 0 amide bonds. The normalized spacial score (nSPS) is 12.0. The maximum absolute atomic E-state index is 12.9. The highest BCUT2D eigenvalue weighted by molar-refractivity contribution is 8.00. The van der Waals surface area contributed by atoms with Crippen LogP contribution in [-0.2, 0) is 16.2 Å². The van der Waals surface area contributed by atoms with Crippen molar-refractivity contribution >= 4 is 45.8 Å². The van der Waals surface area contributed by atoms with Gasteiger partial charge >= 0.3 is 0 Å². The summed E-state index contributed by atoms with van der Waals surface area (Å²) in [6, 6.07) is 10.5. The maximum atomic E-state index is 12.9. The highest BCUT2D eigenvalue weighted by atomic mass is 32.2. The Hall–Kier alpha value is -0.620. The van der Waals surface area contributed by atoms with Crippen LogP contribution in [0.4, 0.5) is 4.39 Å². The van der Waals surface area contributed by atoms with E-state index < -0.39 is 0 Å². The summed E-state index contributed by atoms with van der Waals surface area (Å²) in [5.74, 6) is -0.0695. The zero-order valence-electron chi connectivity index (χ0n) is 21.9. The fraction of sp³-hybridized carbons (Fsp3) is 0.556. The van der Waals surface area contributed by atoms with E-state index in [9.17, 15) is 4.39 Å². The molecular formula is C27H41FS4. The first-order chi connectivity index (χ1) is 14.4. The van der Waals surface area contributed by atoms with Crippen molar-refractivity contribution in [3.8, 4) is 0 Å². The van der Waals surface area contributed by atoms with Gasteiger partial charge in [0.15, 0.2) is 0 Å². The third-order valence-electron chi connectivity index (χ3n) is 4.60.